The monoisotopic (exact) mass is 563 g/mol. The number of carboxylic acids is 2. The molecule has 14 heteroatoms. The molecule has 4 rings (SSSR count). The number of hydrogen-bond donors (Lipinski definition) is 4. The molecule has 1 heterocycles. The molecule has 1 aromatic heterocycles. The van der Waals surface area contributed by atoms with Gasteiger partial charge in [0.1, 0.15) is 0 Å². The van der Waals surface area contributed by atoms with Crippen molar-refractivity contribution in [2.24, 2.45) is 5.92 Å². The van der Waals surface area contributed by atoms with Crippen LogP contribution in [0.5, 0.6) is 0 Å². The molecule has 4 N–H and O–H groups in total. The summed E-state index contributed by atoms with van der Waals surface area (Å²) in [6.45, 7) is 1.78. The van der Waals surface area contributed by atoms with Crippen LogP contribution in [-0.2, 0) is 16.0 Å². The van der Waals surface area contributed by atoms with Crippen LogP contribution in [0.15, 0.2) is 48.7 Å². The van der Waals surface area contributed by atoms with Gasteiger partial charge >= 0.3 is 24.3 Å². The number of alkyl halides is 6. The van der Waals surface area contributed by atoms with Crippen LogP contribution in [0.25, 0.3) is 0 Å². The first kappa shape index (κ1) is 31.5. The minimum Gasteiger partial charge on any atom is -0.475 e. The van der Waals surface area contributed by atoms with Gasteiger partial charge in [0.15, 0.2) is 0 Å². The standard InChI is InChI=1S/C21H25N3O.2C2HF3O2/c25-21(23-12-10-18-3-1-2-11-22-18)17-8-6-16(7-9-17)19-13-20(19)24-14-15-4-5-15;2*3-2(4,5)1(6)7/h1-3,6-9,11,15,19-20,24H,4-5,10,12-14H2,(H,23,25);2*(H,6,7)/t19-,20+;;/m0../s1. The van der Waals surface area contributed by atoms with Gasteiger partial charge in [-0.15, -0.1) is 0 Å². The van der Waals surface area contributed by atoms with Crippen molar-refractivity contribution in [3.8, 4) is 0 Å². The Morgan fingerprint density at radius 2 is 1.46 bits per heavy atom. The van der Waals surface area contributed by atoms with Gasteiger partial charge in [-0.1, -0.05) is 18.2 Å². The third-order valence-corrected chi connectivity index (χ3v) is 5.63. The SMILES string of the molecule is O=C(NCCc1ccccn1)c1ccc([C@@H]2C[C@H]2NCC2CC2)cc1.O=C(O)C(F)(F)F.O=C(O)C(F)(F)F. The minimum atomic E-state index is -5.08. The summed E-state index contributed by atoms with van der Waals surface area (Å²) in [5.41, 5.74) is 3.07. The molecule has 39 heavy (non-hydrogen) atoms. The highest BCUT2D eigenvalue weighted by atomic mass is 19.4. The lowest BCUT2D eigenvalue weighted by Crippen LogP contribution is -2.25. The number of amides is 1. The van der Waals surface area contributed by atoms with Gasteiger partial charge in [0, 0.05) is 42.4 Å². The summed E-state index contributed by atoms with van der Waals surface area (Å²) < 4.78 is 63.5. The van der Waals surface area contributed by atoms with Gasteiger partial charge in [0.05, 0.1) is 0 Å². The van der Waals surface area contributed by atoms with Crippen LogP contribution < -0.4 is 10.6 Å². The number of halogens is 6. The number of nitrogens with zero attached hydrogens (tertiary/aromatic N) is 1. The average molecular weight is 563 g/mol. The fourth-order valence-electron chi connectivity index (χ4n) is 3.26. The van der Waals surface area contributed by atoms with Gasteiger partial charge in [0.25, 0.3) is 5.91 Å². The number of nitrogens with one attached hydrogen (secondary N) is 2. The number of hydrogen-bond acceptors (Lipinski definition) is 5. The molecule has 0 bridgehead atoms. The molecule has 214 valence electrons. The van der Waals surface area contributed by atoms with Crippen LogP contribution in [0, 0.1) is 5.92 Å². The highest BCUT2D eigenvalue weighted by Gasteiger charge is 2.39. The maximum absolute atomic E-state index is 12.2. The van der Waals surface area contributed by atoms with E-state index in [1.165, 1.54) is 31.4 Å². The minimum absolute atomic E-state index is 0.0123. The zero-order valence-corrected chi connectivity index (χ0v) is 20.4. The van der Waals surface area contributed by atoms with Gasteiger partial charge in [-0.05, 0) is 61.6 Å². The van der Waals surface area contributed by atoms with E-state index in [1.54, 1.807) is 6.20 Å². The van der Waals surface area contributed by atoms with E-state index in [9.17, 15) is 31.1 Å². The molecule has 2 aliphatic rings. The van der Waals surface area contributed by atoms with Gasteiger partial charge < -0.3 is 20.8 Å². The average Bonchev–Trinajstić information content (AvgIpc) is 3.79. The Labute approximate surface area is 219 Å². The van der Waals surface area contributed by atoms with E-state index in [-0.39, 0.29) is 5.91 Å². The molecule has 2 saturated carbocycles. The Hall–Kier alpha value is -3.68. The lowest BCUT2D eigenvalue weighted by Gasteiger charge is -2.07. The summed E-state index contributed by atoms with van der Waals surface area (Å²) in [6.07, 6.45) is -3.62. The van der Waals surface area contributed by atoms with Crippen molar-refractivity contribution in [3.05, 3.63) is 65.5 Å². The summed E-state index contributed by atoms with van der Waals surface area (Å²) in [4.78, 5) is 34.3. The predicted molar refractivity (Wildman–Crippen MR) is 126 cm³/mol. The van der Waals surface area contributed by atoms with E-state index in [4.69, 9.17) is 19.8 Å². The fraction of sp³-hybridized carbons (Fsp3) is 0.440. The molecule has 0 unspecified atom stereocenters. The molecular formula is C25H27F6N3O5. The van der Waals surface area contributed by atoms with E-state index in [0.717, 1.165) is 23.6 Å². The van der Waals surface area contributed by atoms with Gasteiger partial charge in [-0.2, -0.15) is 26.3 Å². The van der Waals surface area contributed by atoms with Crippen LogP contribution in [-0.4, -0.2) is 64.5 Å². The number of carbonyl (C=O) groups excluding carboxylic acids is 1. The normalized spacial score (nSPS) is 18.0. The molecule has 8 nitrogen and oxygen atoms in total. The van der Waals surface area contributed by atoms with E-state index >= 15 is 0 Å². The van der Waals surface area contributed by atoms with Crippen LogP contribution in [0.1, 0.15) is 46.8 Å². The summed E-state index contributed by atoms with van der Waals surface area (Å²) in [6, 6.07) is 14.6. The molecule has 1 amide bonds. The highest BCUT2D eigenvalue weighted by Crippen LogP contribution is 2.41. The molecule has 2 aliphatic carbocycles. The number of aromatic nitrogens is 1. The van der Waals surface area contributed by atoms with Crippen LogP contribution >= 0.6 is 0 Å². The maximum Gasteiger partial charge on any atom is 0.490 e. The summed E-state index contributed by atoms with van der Waals surface area (Å²) in [5, 5.41) is 20.9. The van der Waals surface area contributed by atoms with Crippen molar-refractivity contribution >= 4 is 17.8 Å². The maximum atomic E-state index is 12.2. The number of benzene rings is 1. The highest BCUT2D eigenvalue weighted by molar-refractivity contribution is 5.94. The third kappa shape index (κ3) is 12.1. The Bertz CT molecular complexity index is 1070. The van der Waals surface area contributed by atoms with Crippen LogP contribution in [0.4, 0.5) is 26.3 Å². The van der Waals surface area contributed by atoms with Crippen molar-refractivity contribution in [2.75, 3.05) is 13.1 Å². The smallest absolute Gasteiger partial charge is 0.475 e. The molecule has 0 spiro atoms. The van der Waals surface area contributed by atoms with Gasteiger partial charge in [-0.25, -0.2) is 9.59 Å². The molecule has 2 fully saturated rings. The first-order chi connectivity index (χ1) is 18.2. The zero-order chi connectivity index (χ0) is 29.2. The van der Waals surface area contributed by atoms with E-state index in [2.05, 4.69) is 27.8 Å². The van der Waals surface area contributed by atoms with Crippen molar-refractivity contribution in [2.45, 2.75) is 50.0 Å². The molecule has 0 saturated heterocycles. The fourth-order valence-corrected chi connectivity index (χ4v) is 3.26. The molecule has 0 aliphatic heterocycles. The van der Waals surface area contributed by atoms with Crippen molar-refractivity contribution in [3.63, 3.8) is 0 Å². The second-order valence-electron chi connectivity index (χ2n) is 8.86. The van der Waals surface area contributed by atoms with Crippen LogP contribution in [0.2, 0.25) is 0 Å². The topological polar surface area (TPSA) is 129 Å². The molecule has 2 atom stereocenters. The Morgan fingerprint density at radius 1 is 0.897 bits per heavy atom. The zero-order valence-electron chi connectivity index (χ0n) is 20.4. The van der Waals surface area contributed by atoms with Crippen LogP contribution in [0.3, 0.4) is 0 Å². The van der Waals surface area contributed by atoms with Crippen molar-refractivity contribution in [1.82, 2.24) is 15.6 Å². The van der Waals surface area contributed by atoms with E-state index in [0.29, 0.717) is 18.5 Å². The molecule has 0 radical (unpaired) electrons. The predicted octanol–water partition coefficient (Wildman–Crippen LogP) is 4.18. The number of aliphatic carboxylic acids is 2. The van der Waals surface area contributed by atoms with E-state index in [1.807, 2.05) is 30.3 Å². The Kier molecular flexibility index (Phi) is 11.3. The number of rotatable bonds is 8. The second-order valence-corrected chi connectivity index (χ2v) is 8.86. The molecule has 1 aromatic carbocycles. The third-order valence-electron chi connectivity index (χ3n) is 5.63. The molecular weight excluding hydrogens is 536 g/mol. The van der Waals surface area contributed by atoms with E-state index < -0.39 is 24.3 Å². The summed E-state index contributed by atoms with van der Waals surface area (Å²) in [7, 11) is 0. The first-order valence-corrected chi connectivity index (χ1v) is 11.8. The van der Waals surface area contributed by atoms with Crippen molar-refractivity contribution in [1.29, 1.82) is 0 Å². The number of pyridine rings is 1. The van der Waals surface area contributed by atoms with Gasteiger partial charge in [-0.3, -0.25) is 9.78 Å². The summed E-state index contributed by atoms with van der Waals surface area (Å²) in [5.74, 6) is -3.97. The number of carboxylic acid groups (broad SMARTS) is 2. The first-order valence-electron chi connectivity index (χ1n) is 11.8. The largest absolute Gasteiger partial charge is 0.490 e. The summed E-state index contributed by atoms with van der Waals surface area (Å²) >= 11 is 0. The quantitative estimate of drug-likeness (QED) is 0.355. The Morgan fingerprint density at radius 3 is 1.92 bits per heavy atom. The molecule has 2 aromatic rings. The number of carbonyl (C=O) groups is 3. The lowest BCUT2D eigenvalue weighted by molar-refractivity contribution is -0.193. The van der Waals surface area contributed by atoms with Crippen molar-refractivity contribution < 1.29 is 50.9 Å². The second kappa shape index (κ2) is 13.9. The Balaban J connectivity index is 0.000000317. The lowest BCUT2D eigenvalue weighted by atomic mass is 10.1. The van der Waals surface area contributed by atoms with Gasteiger partial charge in [0.2, 0.25) is 0 Å².